The molecule has 1 fully saturated rings. The summed E-state index contributed by atoms with van der Waals surface area (Å²) < 4.78 is 5.16. The molecule has 1 aliphatic rings. The first-order chi connectivity index (χ1) is 7.59. The molecular formula is C10H20ClN3O3. The van der Waals surface area contributed by atoms with Crippen LogP contribution < -0.4 is 16.4 Å². The van der Waals surface area contributed by atoms with E-state index in [0.29, 0.717) is 6.54 Å². The van der Waals surface area contributed by atoms with Crippen LogP contribution in [0, 0.1) is 0 Å². The molecule has 0 bridgehead atoms. The number of carbonyl (C=O) groups excluding carboxylic acids is 2. The number of piperidine rings is 1. The van der Waals surface area contributed by atoms with Crippen molar-refractivity contribution < 1.29 is 14.3 Å². The van der Waals surface area contributed by atoms with E-state index in [9.17, 15) is 9.59 Å². The van der Waals surface area contributed by atoms with Crippen LogP contribution in [0.25, 0.3) is 0 Å². The molecule has 0 aromatic rings. The van der Waals surface area contributed by atoms with Crippen molar-refractivity contribution in [2.45, 2.75) is 31.9 Å². The summed E-state index contributed by atoms with van der Waals surface area (Å²) in [7, 11) is 0. The van der Waals surface area contributed by atoms with Crippen molar-refractivity contribution in [3.8, 4) is 0 Å². The highest BCUT2D eigenvalue weighted by Gasteiger charge is 2.17. The molecule has 1 saturated heterocycles. The molecule has 1 aliphatic heterocycles. The lowest BCUT2D eigenvalue weighted by molar-refractivity contribution is -0.149. The first-order valence-corrected chi connectivity index (χ1v) is 5.53. The number of amides is 1. The Balaban J connectivity index is 0.00000256. The van der Waals surface area contributed by atoms with Crippen molar-refractivity contribution in [3.63, 3.8) is 0 Å². The van der Waals surface area contributed by atoms with Gasteiger partial charge in [0.25, 0.3) is 0 Å². The Morgan fingerprint density at radius 3 is 2.82 bits per heavy atom. The molecule has 0 spiro atoms. The Morgan fingerprint density at radius 2 is 2.29 bits per heavy atom. The molecular weight excluding hydrogens is 246 g/mol. The highest BCUT2D eigenvalue weighted by atomic mass is 35.5. The minimum Gasteiger partial charge on any atom is -0.460 e. The van der Waals surface area contributed by atoms with E-state index in [-0.39, 0.29) is 31.0 Å². The third-order valence-electron chi connectivity index (χ3n) is 2.37. The fourth-order valence-corrected chi connectivity index (χ4v) is 1.47. The van der Waals surface area contributed by atoms with E-state index in [4.69, 9.17) is 10.5 Å². The standard InChI is InChI=1S/C10H19N3O3.ClH/c1-7(11)10(15)13-6-9(14)16-8-3-2-4-12-5-8;/h7-8,12H,2-6,11H2,1H3,(H,13,15);1H/t7-,8?;/m0./s1. The van der Waals surface area contributed by atoms with E-state index in [1.807, 2.05) is 0 Å². The van der Waals surface area contributed by atoms with Crippen LogP contribution in [0.1, 0.15) is 19.8 Å². The van der Waals surface area contributed by atoms with Crippen molar-refractivity contribution >= 4 is 24.3 Å². The lowest BCUT2D eigenvalue weighted by Crippen LogP contribution is -2.43. The average molecular weight is 266 g/mol. The molecule has 1 heterocycles. The van der Waals surface area contributed by atoms with Crippen LogP contribution in [0.15, 0.2) is 0 Å². The van der Waals surface area contributed by atoms with Gasteiger partial charge >= 0.3 is 5.97 Å². The largest absolute Gasteiger partial charge is 0.460 e. The lowest BCUT2D eigenvalue weighted by atomic mass is 10.1. The Bertz CT molecular complexity index is 255. The van der Waals surface area contributed by atoms with Gasteiger partial charge in [-0.05, 0) is 26.3 Å². The molecule has 100 valence electrons. The van der Waals surface area contributed by atoms with Gasteiger partial charge in [0.1, 0.15) is 12.6 Å². The molecule has 7 heteroatoms. The number of hydrogen-bond donors (Lipinski definition) is 3. The third-order valence-corrected chi connectivity index (χ3v) is 2.37. The molecule has 6 nitrogen and oxygen atoms in total. The Labute approximate surface area is 107 Å². The second kappa shape index (κ2) is 8.27. The Kier molecular flexibility index (Phi) is 7.86. The molecule has 0 aromatic carbocycles. The van der Waals surface area contributed by atoms with Gasteiger partial charge in [-0.2, -0.15) is 0 Å². The maximum atomic E-state index is 11.3. The van der Waals surface area contributed by atoms with Gasteiger partial charge in [-0.15, -0.1) is 12.4 Å². The van der Waals surface area contributed by atoms with Crippen LogP contribution in [0.5, 0.6) is 0 Å². The molecule has 0 aromatic heterocycles. The summed E-state index contributed by atoms with van der Waals surface area (Å²) in [6, 6.07) is -0.607. The van der Waals surface area contributed by atoms with E-state index in [2.05, 4.69) is 10.6 Å². The highest BCUT2D eigenvalue weighted by Crippen LogP contribution is 2.05. The van der Waals surface area contributed by atoms with Crippen molar-refractivity contribution in [3.05, 3.63) is 0 Å². The molecule has 4 N–H and O–H groups in total. The van der Waals surface area contributed by atoms with Crippen molar-refractivity contribution in [2.24, 2.45) is 5.73 Å². The normalized spacial score (nSPS) is 20.9. The number of esters is 1. The number of ether oxygens (including phenoxy) is 1. The smallest absolute Gasteiger partial charge is 0.325 e. The summed E-state index contributed by atoms with van der Waals surface area (Å²) in [5.74, 6) is -0.763. The number of nitrogens with one attached hydrogen (secondary N) is 2. The van der Waals surface area contributed by atoms with Gasteiger partial charge in [-0.3, -0.25) is 9.59 Å². The van der Waals surface area contributed by atoms with Crippen LogP contribution in [0.4, 0.5) is 0 Å². The fraction of sp³-hybridized carbons (Fsp3) is 0.800. The van der Waals surface area contributed by atoms with Gasteiger partial charge in [0.05, 0.1) is 6.04 Å². The molecule has 1 amide bonds. The molecule has 0 radical (unpaired) electrons. The van der Waals surface area contributed by atoms with Crippen LogP contribution in [0.3, 0.4) is 0 Å². The maximum absolute atomic E-state index is 11.3. The molecule has 17 heavy (non-hydrogen) atoms. The zero-order chi connectivity index (χ0) is 12.0. The summed E-state index contributed by atoms with van der Waals surface area (Å²) in [4.78, 5) is 22.4. The molecule has 2 atom stereocenters. The molecule has 1 rings (SSSR count). The lowest BCUT2D eigenvalue weighted by Gasteiger charge is -2.22. The first-order valence-electron chi connectivity index (χ1n) is 5.53. The number of nitrogens with two attached hydrogens (primary N) is 1. The van der Waals surface area contributed by atoms with Gasteiger partial charge in [0.2, 0.25) is 5.91 Å². The predicted octanol–water partition coefficient (Wildman–Crippen LogP) is -0.833. The average Bonchev–Trinajstić information content (AvgIpc) is 2.27. The van der Waals surface area contributed by atoms with Gasteiger partial charge in [-0.25, -0.2) is 0 Å². The highest BCUT2D eigenvalue weighted by molar-refractivity contribution is 5.85. The third kappa shape index (κ3) is 6.45. The van der Waals surface area contributed by atoms with E-state index in [1.165, 1.54) is 0 Å². The van der Waals surface area contributed by atoms with Crippen molar-refractivity contribution in [2.75, 3.05) is 19.6 Å². The summed E-state index contributed by atoms with van der Waals surface area (Å²) in [6.07, 6.45) is 1.80. The monoisotopic (exact) mass is 265 g/mol. The summed E-state index contributed by atoms with van der Waals surface area (Å²) >= 11 is 0. The molecule has 1 unspecified atom stereocenters. The van der Waals surface area contributed by atoms with Gasteiger partial charge in [0, 0.05) is 6.54 Å². The van der Waals surface area contributed by atoms with Crippen LogP contribution >= 0.6 is 12.4 Å². The zero-order valence-electron chi connectivity index (χ0n) is 9.90. The van der Waals surface area contributed by atoms with Crippen molar-refractivity contribution in [1.29, 1.82) is 0 Å². The van der Waals surface area contributed by atoms with Crippen LogP contribution in [-0.2, 0) is 14.3 Å². The number of rotatable bonds is 4. The maximum Gasteiger partial charge on any atom is 0.325 e. The minimum absolute atomic E-state index is 0. The van der Waals surface area contributed by atoms with Crippen molar-refractivity contribution in [1.82, 2.24) is 10.6 Å². The fourth-order valence-electron chi connectivity index (χ4n) is 1.47. The quantitative estimate of drug-likeness (QED) is 0.577. The van der Waals surface area contributed by atoms with E-state index in [0.717, 1.165) is 19.4 Å². The van der Waals surface area contributed by atoms with Gasteiger partial charge in [0.15, 0.2) is 0 Å². The topological polar surface area (TPSA) is 93.5 Å². The Hall–Kier alpha value is -0.850. The number of carbonyl (C=O) groups is 2. The van der Waals surface area contributed by atoms with Crippen LogP contribution in [-0.4, -0.2) is 43.7 Å². The summed E-state index contributed by atoms with van der Waals surface area (Å²) in [5.41, 5.74) is 5.33. The Morgan fingerprint density at radius 1 is 1.59 bits per heavy atom. The van der Waals surface area contributed by atoms with Crippen LogP contribution in [0.2, 0.25) is 0 Å². The van der Waals surface area contributed by atoms with E-state index >= 15 is 0 Å². The number of halogens is 1. The second-order valence-corrected chi connectivity index (χ2v) is 3.96. The van der Waals surface area contributed by atoms with Gasteiger partial charge in [-0.1, -0.05) is 0 Å². The van der Waals surface area contributed by atoms with E-state index < -0.39 is 12.0 Å². The zero-order valence-corrected chi connectivity index (χ0v) is 10.7. The second-order valence-electron chi connectivity index (χ2n) is 3.96. The predicted molar refractivity (Wildman–Crippen MR) is 65.9 cm³/mol. The first kappa shape index (κ1) is 16.1. The molecule has 0 saturated carbocycles. The molecule has 0 aliphatic carbocycles. The van der Waals surface area contributed by atoms with Gasteiger partial charge < -0.3 is 21.1 Å². The minimum atomic E-state index is -0.607. The summed E-state index contributed by atoms with van der Waals surface area (Å²) in [6.45, 7) is 3.10. The SMILES string of the molecule is C[C@H](N)C(=O)NCC(=O)OC1CCCNC1.Cl. The number of hydrogen-bond acceptors (Lipinski definition) is 5. The van der Waals surface area contributed by atoms with E-state index in [1.54, 1.807) is 6.92 Å². The summed E-state index contributed by atoms with van der Waals surface area (Å²) in [5, 5.41) is 5.55.